The van der Waals surface area contributed by atoms with Crippen LogP contribution in [0.5, 0.6) is 0 Å². The average molecular weight is 298 g/mol. The van der Waals surface area contributed by atoms with Crippen LogP contribution in [-0.4, -0.2) is 26.9 Å². The Morgan fingerprint density at radius 1 is 1.40 bits per heavy atom. The normalized spacial score (nSPS) is 19.3. The van der Waals surface area contributed by atoms with Crippen molar-refractivity contribution in [1.82, 2.24) is 0 Å². The first-order valence-electron chi connectivity index (χ1n) is 6.20. The minimum absolute atomic E-state index is 0.0254. The van der Waals surface area contributed by atoms with Crippen molar-refractivity contribution in [1.29, 1.82) is 0 Å². The van der Waals surface area contributed by atoms with Gasteiger partial charge in [0.25, 0.3) is 0 Å². The van der Waals surface area contributed by atoms with Crippen LogP contribution < -0.4 is 21.5 Å². The minimum Gasteiger partial charge on any atom is -0.399 e. The third-order valence-corrected chi connectivity index (χ3v) is 4.59. The number of sulfonamides is 1. The first-order valence-corrected chi connectivity index (χ1v) is 7.75. The van der Waals surface area contributed by atoms with E-state index in [1.165, 1.54) is 6.07 Å². The summed E-state index contributed by atoms with van der Waals surface area (Å²) in [7, 11) is -3.87. The second kappa shape index (κ2) is 4.95. The lowest BCUT2D eigenvalue weighted by atomic mass is 10.1. The maximum atomic E-state index is 11.6. The van der Waals surface area contributed by atoms with E-state index in [4.69, 9.17) is 16.6 Å². The van der Waals surface area contributed by atoms with Crippen LogP contribution in [0.25, 0.3) is 0 Å². The molecule has 1 aliphatic heterocycles. The van der Waals surface area contributed by atoms with E-state index in [0.29, 0.717) is 24.2 Å². The molecule has 1 heterocycles. The fourth-order valence-electron chi connectivity index (χ4n) is 2.64. The van der Waals surface area contributed by atoms with Gasteiger partial charge in [0.05, 0.1) is 4.90 Å². The third-order valence-electron chi connectivity index (χ3n) is 3.55. The predicted molar refractivity (Wildman–Crippen MR) is 76.5 cm³/mol. The summed E-state index contributed by atoms with van der Waals surface area (Å²) in [5.74, 6) is -0.429. The number of benzene rings is 1. The molecule has 1 atom stereocenters. The van der Waals surface area contributed by atoms with Gasteiger partial charge < -0.3 is 16.4 Å². The molecule has 0 saturated carbocycles. The zero-order chi connectivity index (χ0) is 15.1. The summed E-state index contributed by atoms with van der Waals surface area (Å²) in [6, 6.07) is 2.53. The predicted octanol–water partition coefficient (Wildman–Crippen LogP) is -0.321. The molecule has 1 amide bonds. The van der Waals surface area contributed by atoms with Crippen LogP contribution >= 0.6 is 0 Å². The van der Waals surface area contributed by atoms with Gasteiger partial charge in [0.2, 0.25) is 15.9 Å². The maximum Gasteiger partial charge on any atom is 0.240 e. The van der Waals surface area contributed by atoms with Crippen molar-refractivity contribution in [2.24, 2.45) is 10.9 Å². The molecule has 0 radical (unpaired) electrons. The summed E-state index contributed by atoms with van der Waals surface area (Å²) in [5, 5.41) is 5.20. The number of rotatable bonds is 3. The molecule has 1 saturated heterocycles. The number of hydrogen-bond acceptors (Lipinski definition) is 5. The Bertz CT molecular complexity index is 657. The van der Waals surface area contributed by atoms with Crippen LogP contribution in [0.15, 0.2) is 17.0 Å². The van der Waals surface area contributed by atoms with E-state index in [2.05, 4.69) is 0 Å². The minimum atomic E-state index is -3.87. The first kappa shape index (κ1) is 14.6. The molecule has 2 rings (SSSR count). The zero-order valence-corrected chi connectivity index (χ0v) is 12.0. The van der Waals surface area contributed by atoms with Crippen LogP contribution in [0.2, 0.25) is 0 Å². The number of carbonyl (C=O) groups excluding carboxylic acids is 1. The van der Waals surface area contributed by atoms with Gasteiger partial charge in [-0.25, -0.2) is 13.6 Å². The van der Waals surface area contributed by atoms with Crippen molar-refractivity contribution in [3.05, 3.63) is 17.7 Å². The lowest BCUT2D eigenvalue weighted by Crippen LogP contribution is -2.40. The van der Waals surface area contributed by atoms with E-state index in [1.807, 2.05) is 0 Å². The van der Waals surface area contributed by atoms with Crippen molar-refractivity contribution < 1.29 is 13.2 Å². The molecule has 1 aromatic carbocycles. The standard InChI is InChI=1S/C12H18N4O3S/c1-7-10(16-4-2-3-9(16)12(14)17)5-8(13)6-11(7)20(15,18)19/h5-6,9H,2-4,13H2,1H3,(H2,14,17)(H2,15,18,19). The van der Waals surface area contributed by atoms with Gasteiger partial charge in [0, 0.05) is 17.9 Å². The molecular formula is C12H18N4O3S. The molecule has 20 heavy (non-hydrogen) atoms. The first-order chi connectivity index (χ1) is 9.21. The Balaban J connectivity index is 2.58. The van der Waals surface area contributed by atoms with Crippen molar-refractivity contribution in [3.63, 3.8) is 0 Å². The van der Waals surface area contributed by atoms with Gasteiger partial charge in [0.15, 0.2) is 0 Å². The second-order valence-corrected chi connectivity index (χ2v) is 6.49. The second-order valence-electron chi connectivity index (χ2n) is 4.96. The molecule has 1 aromatic rings. The number of amides is 1. The summed E-state index contributed by atoms with van der Waals surface area (Å²) in [4.78, 5) is 13.2. The van der Waals surface area contributed by atoms with Gasteiger partial charge in [-0.3, -0.25) is 4.79 Å². The van der Waals surface area contributed by atoms with Gasteiger partial charge in [0.1, 0.15) is 6.04 Å². The van der Waals surface area contributed by atoms with Crippen LogP contribution in [0.4, 0.5) is 11.4 Å². The molecule has 8 heteroatoms. The fourth-order valence-corrected chi connectivity index (χ4v) is 3.47. The molecule has 6 N–H and O–H groups in total. The Labute approximate surface area is 117 Å². The lowest BCUT2D eigenvalue weighted by molar-refractivity contribution is -0.119. The highest BCUT2D eigenvalue weighted by Crippen LogP contribution is 2.33. The Morgan fingerprint density at radius 3 is 2.60 bits per heavy atom. The van der Waals surface area contributed by atoms with Crippen molar-refractivity contribution in [3.8, 4) is 0 Å². The number of nitrogens with two attached hydrogens (primary N) is 3. The number of carbonyl (C=O) groups is 1. The number of nitrogen functional groups attached to an aromatic ring is 1. The van der Waals surface area contributed by atoms with Gasteiger partial charge in [-0.2, -0.15) is 0 Å². The number of primary sulfonamides is 1. The smallest absolute Gasteiger partial charge is 0.240 e. The SMILES string of the molecule is Cc1c(N2CCCC2C(N)=O)cc(N)cc1S(N)(=O)=O. The van der Waals surface area contributed by atoms with Crippen molar-refractivity contribution in [2.75, 3.05) is 17.2 Å². The van der Waals surface area contributed by atoms with Crippen LogP contribution in [0.1, 0.15) is 18.4 Å². The zero-order valence-electron chi connectivity index (χ0n) is 11.2. The van der Waals surface area contributed by atoms with Crippen molar-refractivity contribution >= 4 is 27.3 Å². The highest BCUT2D eigenvalue weighted by molar-refractivity contribution is 7.89. The summed E-state index contributed by atoms with van der Waals surface area (Å²) in [5.41, 5.74) is 12.5. The fraction of sp³-hybridized carbons (Fsp3) is 0.417. The van der Waals surface area contributed by atoms with Gasteiger partial charge in [-0.15, -0.1) is 0 Å². The van der Waals surface area contributed by atoms with E-state index in [-0.39, 0.29) is 10.6 Å². The third kappa shape index (κ3) is 2.56. The highest BCUT2D eigenvalue weighted by Gasteiger charge is 2.31. The van der Waals surface area contributed by atoms with Gasteiger partial charge in [-0.1, -0.05) is 0 Å². The number of nitrogens with zero attached hydrogens (tertiary/aromatic N) is 1. The summed E-state index contributed by atoms with van der Waals surface area (Å²) >= 11 is 0. The van der Waals surface area contributed by atoms with Crippen LogP contribution in [0, 0.1) is 6.92 Å². The molecule has 1 unspecified atom stereocenters. The summed E-state index contributed by atoms with van der Waals surface area (Å²) in [6.45, 7) is 2.27. The van der Waals surface area contributed by atoms with E-state index in [0.717, 1.165) is 6.42 Å². The maximum absolute atomic E-state index is 11.6. The van der Waals surface area contributed by atoms with E-state index < -0.39 is 22.0 Å². The van der Waals surface area contributed by atoms with E-state index in [1.54, 1.807) is 17.9 Å². The molecule has 0 bridgehead atoms. The molecule has 1 aliphatic rings. The lowest BCUT2D eigenvalue weighted by Gasteiger charge is -2.27. The van der Waals surface area contributed by atoms with Gasteiger partial charge in [-0.05, 0) is 37.5 Å². The largest absolute Gasteiger partial charge is 0.399 e. The van der Waals surface area contributed by atoms with Crippen LogP contribution in [0.3, 0.4) is 0 Å². The average Bonchev–Trinajstić information content (AvgIpc) is 2.79. The number of anilines is 2. The molecule has 0 aliphatic carbocycles. The Morgan fingerprint density at radius 2 is 2.05 bits per heavy atom. The summed E-state index contributed by atoms with van der Waals surface area (Å²) in [6.07, 6.45) is 1.46. The van der Waals surface area contributed by atoms with Crippen molar-refractivity contribution in [2.45, 2.75) is 30.7 Å². The number of primary amides is 1. The molecule has 7 nitrogen and oxygen atoms in total. The Hall–Kier alpha value is -1.80. The molecular weight excluding hydrogens is 280 g/mol. The summed E-state index contributed by atoms with van der Waals surface area (Å²) < 4.78 is 23.2. The molecule has 0 spiro atoms. The monoisotopic (exact) mass is 298 g/mol. The molecule has 0 aromatic heterocycles. The van der Waals surface area contributed by atoms with E-state index in [9.17, 15) is 13.2 Å². The Kier molecular flexibility index (Phi) is 3.61. The van der Waals surface area contributed by atoms with Crippen LogP contribution in [-0.2, 0) is 14.8 Å². The molecule has 1 fully saturated rings. The topological polar surface area (TPSA) is 133 Å². The van der Waals surface area contributed by atoms with Gasteiger partial charge >= 0.3 is 0 Å². The quantitative estimate of drug-likeness (QED) is 0.658. The molecule has 110 valence electrons. The highest BCUT2D eigenvalue weighted by atomic mass is 32.2. The van der Waals surface area contributed by atoms with E-state index >= 15 is 0 Å². The number of hydrogen-bond donors (Lipinski definition) is 3.